The number of benzene rings is 1. The second-order valence-electron chi connectivity index (χ2n) is 4.54. The van der Waals surface area contributed by atoms with E-state index >= 15 is 0 Å². The van der Waals surface area contributed by atoms with Gasteiger partial charge >= 0.3 is 0 Å². The van der Waals surface area contributed by atoms with Crippen molar-refractivity contribution in [2.75, 3.05) is 13.7 Å². The van der Waals surface area contributed by atoms with Crippen molar-refractivity contribution in [3.63, 3.8) is 0 Å². The summed E-state index contributed by atoms with van der Waals surface area (Å²) in [6.07, 6.45) is 0.965. The molecule has 0 bridgehead atoms. The number of methoxy groups -OCH3 is 1. The molecule has 1 aromatic heterocycles. The first-order valence-corrected chi connectivity index (χ1v) is 8.55. The van der Waals surface area contributed by atoms with Crippen LogP contribution in [0.5, 0.6) is 11.5 Å². The summed E-state index contributed by atoms with van der Waals surface area (Å²) in [7, 11) is 1.66. The van der Waals surface area contributed by atoms with Gasteiger partial charge in [-0.3, -0.25) is 0 Å². The van der Waals surface area contributed by atoms with Crippen molar-refractivity contribution in [3.8, 4) is 11.5 Å². The van der Waals surface area contributed by atoms with E-state index < -0.39 is 0 Å². The number of hydrogen-bond acceptors (Lipinski definition) is 5. The van der Waals surface area contributed by atoms with Gasteiger partial charge in [-0.05, 0) is 40.0 Å². The zero-order chi connectivity index (χ0) is 15.1. The molecule has 1 aromatic carbocycles. The molecular weight excluding hydrogens is 352 g/mol. The predicted molar refractivity (Wildman–Crippen MR) is 89.1 cm³/mol. The summed E-state index contributed by atoms with van der Waals surface area (Å²) in [5, 5.41) is 5.42. The average Bonchev–Trinajstić information content (AvgIpc) is 2.99. The Balaban J connectivity index is 2.01. The Kier molecular flexibility index (Phi) is 6.48. The summed E-state index contributed by atoms with van der Waals surface area (Å²) in [6, 6.07) is 4.06. The van der Waals surface area contributed by atoms with Gasteiger partial charge in [-0.2, -0.15) is 0 Å². The number of halogens is 1. The highest BCUT2D eigenvalue weighted by Crippen LogP contribution is 2.36. The van der Waals surface area contributed by atoms with Gasteiger partial charge in [0.05, 0.1) is 29.4 Å². The maximum atomic E-state index is 5.73. The van der Waals surface area contributed by atoms with Gasteiger partial charge in [0.25, 0.3) is 0 Å². The van der Waals surface area contributed by atoms with Crippen LogP contribution in [0.3, 0.4) is 0 Å². The molecule has 1 N–H and O–H groups in total. The molecule has 0 aliphatic rings. The maximum absolute atomic E-state index is 5.73. The Morgan fingerprint density at radius 3 is 2.86 bits per heavy atom. The van der Waals surface area contributed by atoms with Crippen molar-refractivity contribution in [1.29, 1.82) is 0 Å². The lowest BCUT2D eigenvalue weighted by Crippen LogP contribution is -2.13. The Morgan fingerprint density at radius 1 is 1.33 bits per heavy atom. The highest BCUT2D eigenvalue weighted by Gasteiger charge is 2.11. The SMILES string of the molecule is CCCOc1c(Br)cc(CNCc2cscn2)cc1OC. The van der Waals surface area contributed by atoms with Gasteiger partial charge < -0.3 is 14.8 Å². The molecule has 114 valence electrons. The van der Waals surface area contributed by atoms with Gasteiger partial charge in [0.1, 0.15) is 0 Å². The Labute approximate surface area is 137 Å². The lowest BCUT2D eigenvalue weighted by Gasteiger charge is -2.14. The number of thiazole rings is 1. The third-order valence-corrected chi connectivity index (χ3v) is 4.08. The van der Waals surface area contributed by atoms with Crippen molar-refractivity contribution in [2.45, 2.75) is 26.4 Å². The minimum absolute atomic E-state index is 0.677. The van der Waals surface area contributed by atoms with Crippen LogP contribution >= 0.6 is 27.3 Å². The van der Waals surface area contributed by atoms with Crippen LogP contribution in [0.4, 0.5) is 0 Å². The van der Waals surface area contributed by atoms with Crippen molar-refractivity contribution in [1.82, 2.24) is 10.3 Å². The fourth-order valence-corrected chi connectivity index (χ4v) is 3.04. The zero-order valence-corrected chi connectivity index (χ0v) is 14.6. The third kappa shape index (κ3) is 4.69. The van der Waals surface area contributed by atoms with E-state index in [1.807, 2.05) is 17.0 Å². The van der Waals surface area contributed by atoms with Crippen molar-refractivity contribution in [2.24, 2.45) is 0 Å². The largest absolute Gasteiger partial charge is 0.493 e. The quantitative estimate of drug-likeness (QED) is 0.762. The van der Waals surface area contributed by atoms with E-state index in [0.29, 0.717) is 6.61 Å². The first-order valence-electron chi connectivity index (χ1n) is 6.81. The maximum Gasteiger partial charge on any atom is 0.175 e. The van der Waals surface area contributed by atoms with Crippen LogP contribution in [0.25, 0.3) is 0 Å². The summed E-state index contributed by atoms with van der Waals surface area (Å²) in [5.74, 6) is 1.52. The van der Waals surface area contributed by atoms with Crippen LogP contribution in [0, 0.1) is 0 Å². The molecule has 0 amide bonds. The molecule has 0 spiro atoms. The number of hydrogen-bond donors (Lipinski definition) is 1. The van der Waals surface area contributed by atoms with Crippen molar-refractivity contribution < 1.29 is 9.47 Å². The minimum atomic E-state index is 0.677. The van der Waals surface area contributed by atoms with Crippen LogP contribution in [-0.4, -0.2) is 18.7 Å². The van der Waals surface area contributed by atoms with Gasteiger partial charge in [0.15, 0.2) is 11.5 Å². The number of aromatic nitrogens is 1. The van der Waals surface area contributed by atoms with Gasteiger partial charge in [0, 0.05) is 18.5 Å². The first kappa shape index (κ1) is 16.3. The van der Waals surface area contributed by atoms with Gasteiger partial charge in [-0.1, -0.05) is 6.92 Å². The fraction of sp³-hybridized carbons (Fsp3) is 0.400. The Morgan fingerprint density at radius 2 is 2.19 bits per heavy atom. The molecule has 21 heavy (non-hydrogen) atoms. The fourth-order valence-electron chi connectivity index (χ4n) is 1.88. The number of rotatable bonds is 8. The molecule has 6 heteroatoms. The minimum Gasteiger partial charge on any atom is -0.493 e. The van der Waals surface area contributed by atoms with E-state index in [1.165, 1.54) is 0 Å². The molecule has 0 atom stereocenters. The monoisotopic (exact) mass is 370 g/mol. The van der Waals surface area contributed by atoms with Crippen LogP contribution in [0.1, 0.15) is 24.6 Å². The van der Waals surface area contributed by atoms with Crippen molar-refractivity contribution in [3.05, 3.63) is 38.8 Å². The lowest BCUT2D eigenvalue weighted by molar-refractivity contribution is 0.292. The van der Waals surface area contributed by atoms with E-state index in [4.69, 9.17) is 9.47 Å². The summed E-state index contributed by atoms with van der Waals surface area (Å²) in [6.45, 7) is 4.27. The average molecular weight is 371 g/mol. The molecule has 2 rings (SSSR count). The molecule has 0 saturated heterocycles. The lowest BCUT2D eigenvalue weighted by atomic mass is 10.2. The van der Waals surface area contributed by atoms with E-state index in [9.17, 15) is 0 Å². The Bertz CT molecular complexity index is 561. The molecule has 0 aliphatic heterocycles. The van der Waals surface area contributed by atoms with Crippen LogP contribution in [-0.2, 0) is 13.1 Å². The molecule has 0 saturated carbocycles. The van der Waals surface area contributed by atoms with E-state index in [2.05, 4.69) is 39.2 Å². The van der Waals surface area contributed by atoms with Gasteiger partial charge in [-0.25, -0.2) is 4.98 Å². The molecular formula is C15H19BrN2O2S. The van der Waals surface area contributed by atoms with Gasteiger partial charge in [0.2, 0.25) is 0 Å². The standard InChI is InChI=1S/C15H19BrN2O2S/c1-3-4-20-15-13(16)5-11(6-14(15)19-2)7-17-8-12-9-21-10-18-12/h5-6,9-10,17H,3-4,7-8H2,1-2H3. The first-order chi connectivity index (χ1) is 10.2. The summed E-state index contributed by atoms with van der Waals surface area (Å²) in [5.41, 5.74) is 4.04. The Hall–Kier alpha value is -1.11. The van der Waals surface area contributed by atoms with Crippen LogP contribution < -0.4 is 14.8 Å². The third-order valence-electron chi connectivity index (χ3n) is 2.86. The highest BCUT2D eigenvalue weighted by molar-refractivity contribution is 9.10. The smallest absolute Gasteiger partial charge is 0.175 e. The van der Waals surface area contributed by atoms with E-state index in [1.54, 1.807) is 18.4 Å². The predicted octanol–water partition coefficient (Wildman–Crippen LogP) is 3.99. The number of nitrogens with one attached hydrogen (secondary N) is 1. The summed E-state index contributed by atoms with van der Waals surface area (Å²) in [4.78, 5) is 4.25. The summed E-state index contributed by atoms with van der Waals surface area (Å²) < 4.78 is 12.1. The van der Waals surface area contributed by atoms with Crippen LogP contribution in [0.15, 0.2) is 27.5 Å². The highest BCUT2D eigenvalue weighted by atomic mass is 79.9. The molecule has 1 heterocycles. The second kappa shape index (κ2) is 8.36. The van der Waals surface area contributed by atoms with E-state index in [0.717, 1.165) is 46.7 Å². The topological polar surface area (TPSA) is 43.4 Å². The van der Waals surface area contributed by atoms with Gasteiger partial charge in [-0.15, -0.1) is 11.3 Å². The van der Waals surface area contributed by atoms with E-state index in [-0.39, 0.29) is 0 Å². The molecule has 2 aromatic rings. The molecule has 0 aliphatic carbocycles. The number of nitrogens with zero attached hydrogens (tertiary/aromatic N) is 1. The normalized spacial score (nSPS) is 10.6. The summed E-state index contributed by atoms with van der Waals surface area (Å²) >= 11 is 5.16. The zero-order valence-electron chi connectivity index (χ0n) is 12.2. The molecule has 0 unspecified atom stereocenters. The molecule has 4 nitrogen and oxygen atoms in total. The number of ether oxygens (including phenoxy) is 2. The molecule has 0 fully saturated rings. The van der Waals surface area contributed by atoms with Crippen molar-refractivity contribution >= 4 is 27.3 Å². The second-order valence-corrected chi connectivity index (χ2v) is 6.11. The van der Waals surface area contributed by atoms with Crippen LogP contribution in [0.2, 0.25) is 0 Å². The molecule has 0 radical (unpaired) electrons.